The van der Waals surface area contributed by atoms with Gasteiger partial charge in [-0.15, -0.1) is 0 Å². The van der Waals surface area contributed by atoms with E-state index in [0.717, 1.165) is 12.1 Å². The van der Waals surface area contributed by atoms with E-state index in [9.17, 15) is 29.8 Å². The van der Waals surface area contributed by atoms with Crippen LogP contribution in [0.5, 0.6) is 0 Å². The van der Waals surface area contributed by atoms with Crippen LogP contribution in [0.2, 0.25) is 5.02 Å². The number of carbonyl (C=O) groups excluding carboxylic acids is 2. The molecule has 10 nitrogen and oxygen atoms in total. The highest BCUT2D eigenvalue weighted by molar-refractivity contribution is 6.31. The normalized spacial score (nSPS) is 10.0. The van der Waals surface area contributed by atoms with Crippen molar-refractivity contribution in [1.82, 2.24) is 0 Å². The Morgan fingerprint density at radius 1 is 1.04 bits per heavy atom. The van der Waals surface area contributed by atoms with Gasteiger partial charge in [-0.25, -0.2) is 4.79 Å². The number of nitro groups is 2. The van der Waals surface area contributed by atoms with Crippen LogP contribution < -0.4 is 5.32 Å². The monoisotopic (exact) mass is 379 g/mol. The van der Waals surface area contributed by atoms with Crippen molar-refractivity contribution in [2.75, 3.05) is 11.9 Å². The van der Waals surface area contributed by atoms with E-state index >= 15 is 0 Å². The van der Waals surface area contributed by atoms with Crippen molar-refractivity contribution in [3.8, 4) is 0 Å². The predicted octanol–water partition coefficient (Wildman–Crippen LogP) is 2.95. The molecule has 0 heterocycles. The molecule has 2 aromatic rings. The van der Waals surface area contributed by atoms with E-state index in [1.54, 1.807) is 0 Å². The van der Waals surface area contributed by atoms with Gasteiger partial charge in [0.05, 0.1) is 9.85 Å². The molecule has 0 atom stereocenters. The molecule has 134 valence electrons. The van der Waals surface area contributed by atoms with E-state index in [0.29, 0.717) is 0 Å². The molecule has 0 aliphatic rings. The Morgan fingerprint density at radius 2 is 1.69 bits per heavy atom. The molecule has 0 saturated carbocycles. The zero-order valence-corrected chi connectivity index (χ0v) is 13.6. The number of hydrogen-bond acceptors (Lipinski definition) is 7. The van der Waals surface area contributed by atoms with Crippen molar-refractivity contribution in [1.29, 1.82) is 0 Å². The smallest absolute Gasteiger partial charge is 0.345 e. The van der Waals surface area contributed by atoms with Gasteiger partial charge >= 0.3 is 5.97 Å². The van der Waals surface area contributed by atoms with Crippen molar-refractivity contribution >= 4 is 40.5 Å². The molecule has 2 aromatic carbocycles. The second kappa shape index (κ2) is 8.03. The van der Waals surface area contributed by atoms with Crippen LogP contribution in [-0.4, -0.2) is 28.3 Å². The highest BCUT2D eigenvalue weighted by Crippen LogP contribution is 2.25. The molecule has 1 N–H and O–H groups in total. The number of amides is 1. The van der Waals surface area contributed by atoms with Crippen molar-refractivity contribution in [2.45, 2.75) is 0 Å². The third-order valence-electron chi connectivity index (χ3n) is 3.09. The summed E-state index contributed by atoms with van der Waals surface area (Å²) >= 11 is 5.65. The van der Waals surface area contributed by atoms with Gasteiger partial charge < -0.3 is 10.1 Å². The first-order chi connectivity index (χ1) is 12.3. The number of ether oxygens (including phenoxy) is 1. The minimum absolute atomic E-state index is 0.0578. The molecule has 0 bridgehead atoms. The molecule has 26 heavy (non-hydrogen) atoms. The molecule has 11 heteroatoms. The van der Waals surface area contributed by atoms with Gasteiger partial charge in [-0.05, 0) is 18.2 Å². The fourth-order valence-corrected chi connectivity index (χ4v) is 2.13. The van der Waals surface area contributed by atoms with Crippen LogP contribution in [0.4, 0.5) is 17.1 Å². The number of nitro benzene ring substituents is 2. The second-order valence-electron chi connectivity index (χ2n) is 4.82. The standard InChI is InChI=1S/C15H10ClN3O7/c16-9-5-6-10(13(7-9)19(24)25)15(21)26-8-14(20)17-11-3-1-2-4-12(11)18(22)23/h1-7H,8H2,(H,17,20). The lowest BCUT2D eigenvalue weighted by Crippen LogP contribution is -2.21. The lowest BCUT2D eigenvalue weighted by molar-refractivity contribution is -0.385. The SMILES string of the molecule is O=C(COC(=O)c1ccc(Cl)cc1[N+](=O)[O-])Nc1ccccc1[N+](=O)[O-]. The zero-order valence-electron chi connectivity index (χ0n) is 12.9. The van der Waals surface area contributed by atoms with E-state index in [1.165, 1.54) is 30.3 Å². The molecule has 2 rings (SSSR count). The molecule has 0 saturated heterocycles. The average molecular weight is 380 g/mol. The molecule has 0 radical (unpaired) electrons. The molecule has 0 aliphatic heterocycles. The summed E-state index contributed by atoms with van der Waals surface area (Å²) in [7, 11) is 0. The third kappa shape index (κ3) is 4.51. The van der Waals surface area contributed by atoms with Gasteiger partial charge in [0, 0.05) is 17.2 Å². The van der Waals surface area contributed by atoms with Crippen molar-refractivity contribution < 1.29 is 24.2 Å². The number of anilines is 1. The van der Waals surface area contributed by atoms with Gasteiger partial charge in [0.15, 0.2) is 6.61 Å². The summed E-state index contributed by atoms with van der Waals surface area (Å²) < 4.78 is 4.72. The predicted molar refractivity (Wildman–Crippen MR) is 90.1 cm³/mol. The quantitative estimate of drug-likeness (QED) is 0.461. The summed E-state index contributed by atoms with van der Waals surface area (Å²) in [6.45, 7) is -0.787. The van der Waals surface area contributed by atoms with Crippen LogP contribution in [0.15, 0.2) is 42.5 Å². The minimum atomic E-state index is -1.11. The van der Waals surface area contributed by atoms with Crippen molar-refractivity contribution in [2.24, 2.45) is 0 Å². The molecular weight excluding hydrogens is 370 g/mol. The zero-order chi connectivity index (χ0) is 19.3. The molecular formula is C15H10ClN3O7. The van der Waals surface area contributed by atoms with Gasteiger partial charge in [0.1, 0.15) is 11.3 Å². The Hall–Kier alpha value is -3.53. The van der Waals surface area contributed by atoms with E-state index in [-0.39, 0.29) is 22.0 Å². The second-order valence-corrected chi connectivity index (χ2v) is 5.25. The van der Waals surface area contributed by atoms with E-state index in [2.05, 4.69) is 5.32 Å². The van der Waals surface area contributed by atoms with E-state index in [1.807, 2.05) is 0 Å². The number of carbonyl (C=O) groups is 2. The number of hydrogen-bond donors (Lipinski definition) is 1. The number of nitrogens with one attached hydrogen (secondary N) is 1. The van der Waals surface area contributed by atoms with Crippen LogP contribution in [0.1, 0.15) is 10.4 Å². The summed E-state index contributed by atoms with van der Waals surface area (Å²) in [6.07, 6.45) is 0. The van der Waals surface area contributed by atoms with Gasteiger partial charge in [0.25, 0.3) is 17.3 Å². The largest absolute Gasteiger partial charge is 0.452 e. The van der Waals surface area contributed by atoms with Crippen LogP contribution >= 0.6 is 11.6 Å². The Kier molecular flexibility index (Phi) is 5.81. The summed E-state index contributed by atoms with van der Waals surface area (Å²) in [5.41, 5.74) is -1.35. The Labute approximate surface area is 150 Å². The molecule has 0 aliphatic carbocycles. The van der Waals surface area contributed by atoms with Crippen LogP contribution in [-0.2, 0) is 9.53 Å². The number of para-hydroxylation sites is 2. The highest BCUT2D eigenvalue weighted by atomic mass is 35.5. The molecule has 0 fully saturated rings. The van der Waals surface area contributed by atoms with Crippen LogP contribution in [0.25, 0.3) is 0 Å². The maximum atomic E-state index is 12.0. The fourth-order valence-electron chi connectivity index (χ4n) is 1.96. The Bertz CT molecular complexity index is 901. The molecule has 0 unspecified atom stereocenters. The maximum absolute atomic E-state index is 12.0. The van der Waals surface area contributed by atoms with Crippen LogP contribution in [0.3, 0.4) is 0 Å². The number of halogens is 1. The minimum Gasteiger partial charge on any atom is -0.452 e. The van der Waals surface area contributed by atoms with Gasteiger partial charge in [-0.2, -0.15) is 0 Å². The van der Waals surface area contributed by atoms with Crippen molar-refractivity contribution in [3.63, 3.8) is 0 Å². The molecule has 0 aromatic heterocycles. The summed E-state index contributed by atoms with van der Waals surface area (Å²) in [6, 6.07) is 8.74. The van der Waals surface area contributed by atoms with Crippen molar-refractivity contribution in [3.05, 3.63) is 73.3 Å². The first-order valence-electron chi connectivity index (χ1n) is 6.94. The van der Waals surface area contributed by atoms with Crippen LogP contribution in [0, 0.1) is 20.2 Å². The molecule has 0 spiro atoms. The van der Waals surface area contributed by atoms with Gasteiger partial charge in [-0.1, -0.05) is 23.7 Å². The number of rotatable bonds is 6. The number of esters is 1. The average Bonchev–Trinajstić information content (AvgIpc) is 2.59. The summed E-state index contributed by atoms with van der Waals surface area (Å²) in [5, 5.41) is 24.1. The van der Waals surface area contributed by atoms with E-state index in [4.69, 9.17) is 16.3 Å². The lowest BCUT2D eigenvalue weighted by atomic mass is 10.2. The van der Waals surface area contributed by atoms with Gasteiger partial charge in [-0.3, -0.25) is 25.0 Å². The maximum Gasteiger partial charge on any atom is 0.345 e. The van der Waals surface area contributed by atoms with Gasteiger partial charge in [0.2, 0.25) is 0 Å². The fraction of sp³-hybridized carbons (Fsp3) is 0.0667. The lowest BCUT2D eigenvalue weighted by Gasteiger charge is -2.07. The summed E-state index contributed by atoms with van der Waals surface area (Å²) in [4.78, 5) is 44.1. The first-order valence-corrected chi connectivity index (χ1v) is 7.31. The van der Waals surface area contributed by atoms with E-state index < -0.39 is 34.0 Å². The topological polar surface area (TPSA) is 142 Å². The third-order valence-corrected chi connectivity index (χ3v) is 3.32. The highest BCUT2D eigenvalue weighted by Gasteiger charge is 2.23. The Morgan fingerprint density at radius 3 is 2.35 bits per heavy atom. The summed E-state index contributed by atoms with van der Waals surface area (Å²) in [5.74, 6) is -1.95. The molecule has 1 amide bonds. The first kappa shape index (κ1) is 18.8. The Balaban J connectivity index is 2.06. The number of benzene rings is 2. The number of nitrogens with zero attached hydrogens (tertiary/aromatic N) is 2.